The molecule has 0 heterocycles. The largest absolute Gasteiger partial charge is 0.497 e. The van der Waals surface area contributed by atoms with Gasteiger partial charge in [-0.1, -0.05) is 62.2 Å². The molecule has 0 saturated carbocycles. The van der Waals surface area contributed by atoms with E-state index in [9.17, 15) is 9.59 Å². The number of amides is 2. The number of unbranched alkanes of at least 4 members (excludes halogenated alkanes) is 1. The summed E-state index contributed by atoms with van der Waals surface area (Å²) in [5, 5.41) is 3.55. The summed E-state index contributed by atoms with van der Waals surface area (Å²) in [7, 11) is 1.61. The Kier molecular flexibility index (Phi) is 9.68. The molecule has 5 nitrogen and oxygen atoms in total. The standard InChI is InChI=1S/C24H31ClN2O3/c1-4-6-15-26-24(29)22(5-2)27(17-19-9-7-8-10-21(19)25)23(28)16-18-11-13-20(30-3)14-12-18/h7-14,22H,4-6,15-17H2,1-3H3,(H,26,29)/t22-/m1/s1. The van der Waals surface area contributed by atoms with Crippen molar-refractivity contribution in [2.45, 2.75) is 52.1 Å². The predicted molar refractivity (Wildman–Crippen MR) is 121 cm³/mol. The van der Waals surface area contributed by atoms with Gasteiger partial charge in [0.05, 0.1) is 13.5 Å². The Morgan fingerprint density at radius 3 is 2.40 bits per heavy atom. The lowest BCUT2D eigenvalue weighted by Gasteiger charge is -2.31. The van der Waals surface area contributed by atoms with Crippen LogP contribution in [0.15, 0.2) is 48.5 Å². The van der Waals surface area contributed by atoms with Crippen molar-refractivity contribution in [1.82, 2.24) is 10.2 Å². The Morgan fingerprint density at radius 2 is 1.80 bits per heavy atom. The summed E-state index contributed by atoms with van der Waals surface area (Å²) in [5.74, 6) is 0.500. The van der Waals surface area contributed by atoms with Gasteiger partial charge in [0.2, 0.25) is 11.8 Å². The zero-order chi connectivity index (χ0) is 21.9. The first-order valence-electron chi connectivity index (χ1n) is 10.4. The number of hydrogen-bond donors (Lipinski definition) is 1. The third kappa shape index (κ3) is 6.77. The van der Waals surface area contributed by atoms with Gasteiger partial charge in [0, 0.05) is 18.1 Å². The molecule has 162 valence electrons. The summed E-state index contributed by atoms with van der Waals surface area (Å²) < 4.78 is 5.18. The van der Waals surface area contributed by atoms with Crippen molar-refractivity contribution in [1.29, 1.82) is 0 Å². The van der Waals surface area contributed by atoms with E-state index in [4.69, 9.17) is 16.3 Å². The fraction of sp³-hybridized carbons (Fsp3) is 0.417. The molecule has 0 saturated heterocycles. The fourth-order valence-electron chi connectivity index (χ4n) is 3.26. The Hall–Kier alpha value is -2.53. The molecule has 0 aliphatic carbocycles. The minimum absolute atomic E-state index is 0.113. The molecule has 0 bridgehead atoms. The lowest BCUT2D eigenvalue weighted by molar-refractivity contribution is -0.140. The maximum Gasteiger partial charge on any atom is 0.242 e. The summed E-state index contributed by atoms with van der Waals surface area (Å²) in [4.78, 5) is 27.8. The second kappa shape index (κ2) is 12.2. The molecule has 2 aromatic rings. The average Bonchev–Trinajstić information content (AvgIpc) is 2.75. The first-order valence-corrected chi connectivity index (χ1v) is 10.8. The van der Waals surface area contributed by atoms with Gasteiger partial charge in [0.25, 0.3) is 0 Å². The Labute approximate surface area is 184 Å². The van der Waals surface area contributed by atoms with Gasteiger partial charge in [-0.05, 0) is 42.2 Å². The van der Waals surface area contributed by atoms with E-state index in [1.54, 1.807) is 18.1 Å². The summed E-state index contributed by atoms with van der Waals surface area (Å²) in [6.45, 7) is 4.89. The number of nitrogens with zero attached hydrogens (tertiary/aromatic N) is 1. The van der Waals surface area contributed by atoms with Crippen LogP contribution in [0.25, 0.3) is 0 Å². The third-order valence-electron chi connectivity index (χ3n) is 5.03. The second-order valence-corrected chi connectivity index (χ2v) is 7.61. The summed E-state index contributed by atoms with van der Waals surface area (Å²) in [6, 6.07) is 14.3. The minimum atomic E-state index is -0.552. The summed E-state index contributed by atoms with van der Waals surface area (Å²) in [5.41, 5.74) is 1.69. The molecule has 1 N–H and O–H groups in total. The van der Waals surface area contributed by atoms with Crippen molar-refractivity contribution in [3.05, 3.63) is 64.7 Å². The monoisotopic (exact) mass is 430 g/mol. The van der Waals surface area contributed by atoms with Crippen molar-refractivity contribution >= 4 is 23.4 Å². The molecule has 2 aromatic carbocycles. The minimum Gasteiger partial charge on any atom is -0.497 e. The summed E-state index contributed by atoms with van der Waals surface area (Å²) >= 11 is 6.34. The fourth-order valence-corrected chi connectivity index (χ4v) is 3.45. The molecule has 0 spiro atoms. The van der Waals surface area contributed by atoms with Crippen LogP contribution in [0.1, 0.15) is 44.2 Å². The van der Waals surface area contributed by atoms with Crippen LogP contribution < -0.4 is 10.1 Å². The van der Waals surface area contributed by atoms with Crippen LogP contribution >= 0.6 is 11.6 Å². The highest BCUT2D eigenvalue weighted by atomic mass is 35.5. The zero-order valence-corrected chi connectivity index (χ0v) is 18.7. The van der Waals surface area contributed by atoms with Crippen molar-refractivity contribution in [3.63, 3.8) is 0 Å². The highest BCUT2D eigenvalue weighted by Crippen LogP contribution is 2.21. The number of ether oxygens (including phenoxy) is 1. The van der Waals surface area contributed by atoms with Crippen LogP contribution in [0.2, 0.25) is 5.02 Å². The highest BCUT2D eigenvalue weighted by Gasteiger charge is 2.28. The summed E-state index contributed by atoms with van der Waals surface area (Å²) in [6.07, 6.45) is 2.63. The van der Waals surface area contributed by atoms with Gasteiger partial charge in [-0.2, -0.15) is 0 Å². The first-order chi connectivity index (χ1) is 14.5. The van der Waals surface area contributed by atoms with Crippen LogP contribution in [0.3, 0.4) is 0 Å². The predicted octanol–water partition coefficient (Wildman–Crippen LogP) is 4.61. The topological polar surface area (TPSA) is 58.6 Å². The van der Waals surface area contributed by atoms with Crippen molar-refractivity contribution in [2.24, 2.45) is 0 Å². The zero-order valence-electron chi connectivity index (χ0n) is 18.0. The maximum absolute atomic E-state index is 13.3. The number of carbonyl (C=O) groups excluding carboxylic acids is 2. The number of benzene rings is 2. The molecule has 0 fully saturated rings. The van der Waals surface area contributed by atoms with Crippen LogP contribution in [0.5, 0.6) is 5.75 Å². The average molecular weight is 431 g/mol. The van der Waals surface area contributed by atoms with E-state index in [2.05, 4.69) is 12.2 Å². The highest BCUT2D eigenvalue weighted by molar-refractivity contribution is 6.31. The number of nitrogens with one attached hydrogen (secondary N) is 1. The Balaban J connectivity index is 2.24. The molecule has 0 aliphatic rings. The molecule has 0 unspecified atom stereocenters. The lowest BCUT2D eigenvalue weighted by Crippen LogP contribution is -2.49. The van der Waals surface area contributed by atoms with Gasteiger partial charge in [0.15, 0.2) is 0 Å². The molecule has 0 aliphatic heterocycles. The van der Waals surface area contributed by atoms with Gasteiger partial charge in [-0.3, -0.25) is 9.59 Å². The van der Waals surface area contributed by atoms with Crippen LogP contribution in [0.4, 0.5) is 0 Å². The van der Waals surface area contributed by atoms with Crippen LogP contribution in [-0.2, 0) is 22.6 Å². The molecule has 0 aromatic heterocycles. The van der Waals surface area contributed by atoms with Crippen molar-refractivity contribution < 1.29 is 14.3 Å². The molecular formula is C24H31ClN2O3. The van der Waals surface area contributed by atoms with Gasteiger partial charge < -0.3 is 15.0 Å². The van der Waals surface area contributed by atoms with Crippen LogP contribution in [-0.4, -0.2) is 36.4 Å². The first kappa shape index (κ1) is 23.7. The molecule has 2 amide bonds. The normalized spacial score (nSPS) is 11.6. The van der Waals surface area contributed by atoms with Gasteiger partial charge in [-0.15, -0.1) is 0 Å². The number of halogens is 1. The second-order valence-electron chi connectivity index (χ2n) is 7.21. The van der Waals surface area contributed by atoms with Crippen LogP contribution in [0, 0.1) is 0 Å². The van der Waals surface area contributed by atoms with Gasteiger partial charge >= 0.3 is 0 Å². The third-order valence-corrected chi connectivity index (χ3v) is 5.40. The number of carbonyl (C=O) groups is 2. The van der Waals surface area contributed by atoms with Crippen molar-refractivity contribution in [2.75, 3.05) is 13.7 Å². The smallest absolute Gasteiger partial charge is 0.242 e. The Bertz CT molecular complexity index is 823. The van der Waals surface area contributed by atoms with E-state index in [1.165, 1.54) is 0 Å². The van der Waals surface area contributed by atoms with E-state index in [-0.39, 0.29) is 24.8 Å². The van der Waals surface area contributed by atoms with Gasteiger partial charge in [0.1, 0.15) is 11.8 Å². The number of hydrogen-bond acceptors (Lipinski definition) is 3. The quantitative estimate of drug-likeness (QED) is 0.529. The molecule has 30 heavy (non-hydrogen) atoms. The van der Waals surface area contributed by atoms with E-state index in [0.29, 0.717) is 18.0 Å². The SMILES string of the molecule is CCCCNC(=O)[C@@H](CC)N(Cc1ccccc1Cl)C(=O)Cc1ccc(OC)cc1. The Morgan fingerprint density at radius 1 is 1.10 bits per heavy atom. The maximum atomic E-state index is 13.3. The van der Waals surface area contributed by atoms with E-state index in [1.807, 2.05) is 49.4 Å². The number of methoxy groups -OCH3 is 1. The van der Waals surface area contributed by atoms with E-state index >= 15 is 0 Å². The number of rotatable bonds is 11. The molecule has 6 heteroatoms. The van der Waals surface area contributed by atoms with E-state index in [0.717, 1.165) is 29.7 Å². The van der Waals surface area contributed by atoms with Gasteiger partial charge in [-0.25, -0.2) is 0 Å². The molecule has 2 rings (SSSR count). The van der Waals surface area contributed by atoms with E-state index < -0.39 is 6.04 Å². The molecule has 1 atom stereocenters. The molecular weight excluding hydrogens is 400 g/mol. The van der Waals surface area contributed by atoms with Crippen molar-refractivity contribution in [3.8, 4) is 5.75 Å². The molecule has 0 radical (unpaired) electrons. The lowest BCUT2D eigenvalue weighted by atomic mass is 10.1.